The van der Waals surface area contributed by atoms with Crippen LogP contribution in [-0.2, 0) is 11.2 Å². The van der Waals surface area contributed by atoms with E-state index in [0.717, 1.165) is 95.9 Å². The lowest BCUT2D eigenvalue weighted by molar-refractivity contribution is 0.268. The van der Waals surface area contributed by atoms with Gasteiger partial charge < -0.3 is 9.64 Å². The molecule has 3 heterocycles. The average Bonchev–Trinajstić information content (AvgIpc) is 4.11. The second kappa shape index (κ2) is 22.3. The smallest absolute Gasteiger partial charge is 0.158 e. The highest BCUT2D eigenvalue weighted by molar-refractivity contribution is 9.09. The van der Waals surface area contributed by atoms with Gasteiger partial charge in [-0.1, -0.05) is 145 Å². The van der Waals surface area contributed by atoms with Crippen LogP contribution in [0.2, 0.25) is 0 Å². The van der Waals surface area contributed by atoms with Crippen molar-refractivity contribution in [2.45, 2.75) is 44.9 Å². The number of rotatable bonds is 20. The molecule has 0 bridgehead atoms. The first-order valence-electron chi connectivity index (χ1n) is 22.2. The summed E-state index contributed by atoms with van der Waals surface area (Å²) < 4.78 is 9.02. The van der Waals surface area contributed by atoms with Crippen LogP contribution in [0.1, 0.15) is 81.5 Å². The van der Waals surface area contributed by atoms with Crippen molar-refractivity contribution in [3.8, 4) is 0 Å². The van der Waals surface area contributed by atoms with Gasteiger partial charge in [0, 0.05) is 34.2 Å². The van der Waals surface area contributed by atoms with Gasteiger partial charge in [-0.2, -0.15) is 0 Å². The van der Waals surface area contributed by atoms with Gasteiger partial charge in [-0.05, 0) is 114 Å². The zero-order valence-electron chi connectivity index (χ0n) is 36.1. The predicted molar refractivity (Wildman–Crippen MR) is 285 cm³/mol. The summed E-state index contributed by atoms with van der Waals surface area (Å²) in [4.78, 5) is 17.0. The maximum Gasteiger partial charge on any atom is 0.158 e. The molecule has 9 heteroatoms. The highest BCUT2D eigenvalue weighted by atomic mass is 79.9. The van der Waals surface area contributed by atoms with Crippen molar-refractivity contribution in [3.05, 3.63) is 200 Å². The Morgan fingerprint density at radius 3 is 1.74 bits per heavy atom. The van der Waals surface area contributed by atoms with Crippen molar-refractivity contribution in [3.63, 3.8) is 0 Å². The number of alkyl halides is 1. The number of hydrogen-bond acceptors (Lipinski definition) is 8. The fourth-order valence-corrected chi connectivity index (χ4v) is 10.6. The lowest BCUT2D eigenvalue weighted by Crippen LogP contribution is -2.10. The minimum atomic E-state index is 0.656. The molecule has 3 aromatic heterocycles. The molecule has 6 aromatic carbocycles. The van der Waals surface area contributed by atoms with Crippen LogP contribution in [0.3, 0.4) is 0 Å². The molecule has 0 aliphatic heterocycles. The normalized spacial score (nSPS) is 12.0. The van der Waals surface area contributed by atoms with Gasteiger partial charge in [-0.15, -0.1) is 34.0 Å². The third kappa shape index (κ3) is 12.0. The summed E-state index contributed by atoms with van der Waals surface area (Å²) in [6.07, 6.45) is 18.6. The monoisotopic (exact) mass is 968 g/mol. The van der Waals surface area contributed by atoms with E-state index in [1.54, 1.807) is 34.0 Å². The van der Waals surface area contributed by atoms with E-state index in [1.807, 2.05) is 12.1 Å². The first-order chi connectivity index (χ1) is 32.1. The van der Waals surface area contributed by atoms with Crippen molar-refractivity contribution in [2.75, 3.05) is 16.8 Å². The molecule has 0 amide bonds. The Balaban J connectivity index is 1.00. The van der Waals surface area contributed by atoms with Crippen LogP contribution in [-0.4, -0.2) is 26.9 Å². The number of anilines is 3. The minimum Gasteiger partial charge on any atom is -0.490 e. The molecule has 5 nitrogen and oxygen atoms in total. The molecule has 0 radical (unpaired) electrons. The number of para-hydroxylation sites is 2. The summed E-state index contributed by atoms with van der Waals surface area (Å²) in [5, 5.41) is 6.13. The zero-order valence-corrected chi connectivity index (χ0v) is 40.1. The number of ether oxygens (including phenoxy) is 1. The quantitative estimate of drug-likeness (QED) is 0.0433. The summed E-state index contributed by atoms with van der Waals surface area (Å²) in [7, 11) is 0. The first-order valence-corrected chi connectivity index (χ1v) is 25.8. The molecule has 0 fully saturated rings. The van der Waals surface area contributed by atoms with Gasteiger partial charge in [0.15, 0.2) is 10.8 Å². The molecule has 0 saturated heterocycles. The van der Waals surface area contributed by atoms with Crippen molar-refractivity contribution < 1.29 is 4.74 Å². The number of benzene rings is 6. The molecular formula is C56H49BrN4OS3. The number of halogens is 1. The Morgan fingerprint density at radius 2 is 1.12 bits per heavy atom. The Kier molecular flexibility index (Phi) is 15.2. The lowest BCUT2D eigenvalue weighted by atomic mass is 10.1. The molecule has 9 aromatic rings. The van der Waals surface area contributed by atoms with E-state index in [9.17, 15) is 0 Å². The Bertz CT molecular complexity index is 2830. The molecule has 65 heavy (non-hydrogen) atoms. The van der Waals surface area contributed by atoms with Gasteiger partial charge in [-0.3, -0.25) is 0 Å². The highest BCUT2D eigenvalue weighted by Crippen LogP contribution is 2.37. The second-order valence-electron chi connectivity index (χ2n) is 15.8. The maximum absolute atomic E-state index is 6.63. The van der Waals surface area contributed by atoms with E-state index in [1.165, 1.54) is 40.6 Å². The third-order valence-corrected chi connectivity index (χ3v) is 14.4. The Morgan fingerprint density at radius 1 is 0.538 bits per heavy atom. The Labute approximate surface area is 402 Å². The molecule has 0 atom stereocenters. The van der Waals surface area contributed by atoms with Gasteiger partial charge >= 0.3 is 0 Å². The molecule has 0 aliphatic rings. The topological polar surface area (TPSA) is 51.1 Å². The average molecular weight is 970 g/mol. The molecule has 0 saturated carbocycles. The number of unbranched alkanes of at least 4 members (excludes halogenated alkanes) is 5. The molecule has 0 unspecified atom stereocenters. The van der Waals surface area contributed by atoms with E-state index in [0.29, 0.717) is 6.61 Å². The third-order valence-electron chi connectivity index (χ3n) is 11.0. The number of aromatic nitrogens is 3. The van der Waals surface area contributed by atoms with Crippen LogP contribution >= 0.6 is 49.9 Å². The van der Waals surface area contributed by atoms with Crippen LogP contribution in [0.4, 0.5) is 17.1 Å². The van der Waals surface area contributed by atoms with Gasteiger partial charge in [0.25, 0.3) is 0 Å². The minimum absolute atomic E-state index is 0.656. The maximum atomic E-state index is 6.63. The van der Waals surface area contributed by atoms with Crippen molar-refractivity contribution in [1.29, 1.82) is 0 Å². The number of nitrogens with zero attached hydrogens (tertiary/aromatic N) is 4. The molecule has 0 aliphatic carbocycles. The van der Waals surface area contributed by atoms with E-state index in [2.05, 4.69) is 196 Å². The lowest BCUT2D eigenvalue weighted by Gasteiger charge is -2.26. The number of fused-ring (bicyclic) bond motifs is 2. The largest absolute Gasteiger partial charge is 0.490 e. The summed E-state index contributed by atoms with van der Waals surface area (Å²) in [5.74, 6) is 0.811. The van der Waals surface area contributed by atoms with Crippen LogP contribution in [0, 0.1) is 0 Å². The van der Waals surface area contributed by atoms with E-state index in [4.69, 9.17) is 19.7 Å². The van der Waals surface area contributed by atoms with Gasteiger partial charge in [0.2, 0.25) is 0 Å². The van der Waals surface area contributed by atoms with Gasteiger partial charge in [0.1, 0.15) is 10.0 Å². The van der Waals surface area contributed by atoms with Crippen LogP contribution in [0.15, 0.2) is 157 Å². The SMILES string of the molecule is BrCCCCCCCCOC(=Cc1cccc(N(c2ccc(C=Cc3nc4ccccc4s3)cc2)c2ccc(C=Cc3nc4ccccc4s3)cc2)c1)c1nc(Cc2ccccc2)cs1. The molecular weight excluding hydrogens is 921 g/mol. The van der Waals surface area contributed by atoms with Gasteiger partial charge in [-0.25, -0.2) is 15.0 Å². The van der Waals surface area contributed by atoms with E-state index < -0.39 is 0 Å². The van der Waals surface area contributed by atoms with Crippen molar-refractivity contribution in [2.24, 2.45) is 0 Å². The molecule has 0 spiro atoms. The van der Waals surface area contributed by atoms with Crippen molar-refractivity contribution in [1.82, 2.24) is 15.0 Å². The van der Waals surface area contributed by atoms with Gasteiger partial charge in [0.05, 0.1) is 32.7 Å². The van der Waals surface area contributed by atoms with Crippen LogP contribution in [0.25, 0.3) is 56.6 Å². The van der Waals surface area contributed by atoms with E-state index >= 15 is 0 Å². The summed E-state index contributed by atoms with van der Waals surface area (Å²) in [6, 6.07) is 53.3. The van der Waals surface area contributed by atoms with Crippen LogP contribution < -0.4 is 4.90 Å². The van der Waals surface area contributed by atoms with E-state index in [-0.39, 0.29) is 0 Å². The van der Waals surface area contributed by atoms with Crippen LogP contribution in [0.5, 0.6) is 0 Å². The number of thiazole rings is 3. The summed E-state index contributed by atoms with van der Waals surface area (Å²) >= 11 is 8.62. The fourth-order valence-electron chi connectivity index (χ4n) is 7.64. The Hall–Kier alpha value is -5.97. The molecule has 324 valence electrons. The summed E-state index contributed by atoms with van der Waals surface area (Å²) in [5.41, 5.74) is 10.8. The molecule has 0 N–H and O–H groups in total. The first kappa shape index (κ1) is 44.2. The number of hydrogen-bond donors (Lipinski definition) is 0. The molecule has 9 rings (SSSR count). The second-order valence-corrected chi connectivity index (χ2v) is 19.6. The predicted octanol–water partition coefficient (Wildman–Crippen LogP) is 17.0. The standard InChI is InChI=1S/C56H49BrN4OS3/c57-35-12-3-1-2-4-13-36-62-51(56-58-45(40-63-56)37-43-15-6-5-7-16-43)39-44-17-14-18-48(38-44)61(46-29-23-41(24-30-46)27-33-54-59-49-19-8-10-21-52(49)64-54)47-31-25-42(26-32-47)28-34-55-60-50-20-9-11-22-53(50)65-55/h5-11,14-34,38-40H,1-4,12-13,35-37H2. The van der Waals surface area contributed by atoms with Crippen molar-refractivity contribution >= 4 is 124 Å². The zero-order chi connectivity index (χ0) is 44.0. The fraction of sp³-hybridized carbons (Fsp3) is 0.161. The summed E-state index contributed by atoms with van der Waals surface area (Å²) in [6.45, 7) is 0.656. The highest BCUT2D eigenvalue weighted by Gasteiger charge is 2.15.